The molecule has 0 amide bonds. The van der Waals surface area contributed by atoms with Gasteiger partial charge < -0.3 is 0 Å². The van der Waals surface area contributed by atoms with Gasteiger partial charge in [0.05, 0.1) is 19.8 Å². The zero-order chi connectivity index (χ0) is 34.0. The number of hydrogen-bond donors (Lipinski definition) is 0. The summed E-state index contributed by atoms with van der Waals surface area (Å²) in [4.78, 5) is 2.93. The Bertz CT molecular complexity index is 1640. The van der Waals surface area contributed by atoms with Gasteiger partial charge in [-0.3, -0.25) is 9.38 Å². The minimum Gasteiger partial charge on any atom is -0.285 e. The van der Waals surface area contributed by atoms with Crippen molar-refractivity contribution in [3.05, 3.63) is 52.1 Å². The molecule has 4 bridgehead atoms. The summed E-state index contributed by atoms with van der Waals surface area (Å²) in [6, 6.07) is 11.0. The van der Waals surface area contributed by atoms with Gasteiger partial charge in [-0.1, -0.05) is 95.6 Å². The van der Waals surface area contributed by atoms with Crippen LogP contribution in [0.5, 0.6) is 0 Å². The SMILES string of the molecule is CCC(C)C1C2CC3CC1CC(C2)c1cc2c(cc13)N1c3cc4c(cc3C(C)(CC)C(C)(CC)C1[N+]2(C)C)C(C)(C)C(C)(C)C4(C)C. The minimum absolute atomic E-state index is 0.0810. The van der Waals surface area contributed by atoms with Gasteiger partial charge in [0.25, 0.3) is 0 Å². The molecule has 2 aromatic carbocycles. The molecule has 0 radical (unpaired) electrons. The minimum atomic E-state index is 0.0810. The highest BCUT2D eigenvalue weighted by molar-refractivity contribution is 5.87. The smallest absolute Gasteiger partial charge is 0.179 e. The molecule has 0 N–H and O–H groups in total. The number of rotatable bonds is 4. The van der Waals surface area contributed by atoms with Gasteiger partial charge in [0, 0.05) is 16.9 Å². The number of quaternary nitrogens is 1. The normalized spacial score (nSPS) is 39.5. The lowest BCUT2D eigenvalue weighted by Crippen LogP contribution is -2.68. The van der Waals surface area contributed by atoms with Gasteiger partial charge in [-0.25, -0.2) is 0 Å². The largest absolute Gasteiger partial charge is 0.285 e. The number of anilines is 2. The van der Waals surface area contributed by atoms with Crippen LogP contribution >= 0.6 is 0 Å². The van der Waals surface area contributed by atoms with Crippen molar-refractivity contribution in [1.29, 1.82) is 0 Å². The molecule has 6 unspecified atom stereocenters. The van der Waals surface area contributed by atoms with Gasteiger partial charge in [-0.15, -0.1) is 0 Å². The molecule has 256 valence electrons. The molecular weight excluding hydrogens is 569 g/mol. The highest BCUT2D eigenvalue weighted by Gasteiger charge is 2.67. The first-order valence-corrected chi connectivity index (χ1v) is 19.8. The van der Waals surface area contributed by atoms with Gasteiger partial charge in [-0.2, -0.15) is 0 Å². The van der Waals surface area contributed by atoms with Crippen molar-refractivity contribution in [3.8, 4) is 0 Å². The predicted octanol–water partition coefficient (Wildman–Crippen LogP) is 12.1. The van der Waals surface area contributed by atoms with Crippen molar-refractivity contribution in [2.75, 3.05) is 19.0 Å². The van der Waals surface area contributed by atoms with Crippen LogP contribution in [0.15, 0.2) is 24.3 Å². The van der Waals surface area contributed by atoms with E-state index in [-0.39, 0.29) is 27.1 Å². The van der Waals surface area contributed by atoms with Gasteiger partial charge in [0.2, 0.25) is 0 Å². The molecule has 0 spiro atoms. The fraction of sp³-hybridized carbons (Fsp3) is 0.733. The summed E-state index contributed by atoms with van der Waals surface area (Å²) in [5.41, 5.74) is 13.5. The first kappa shape index (κ1) is 32.4. The van der Waals surface area contributed by atoms with E-state index in [0.29, 0.717) is 6.17 Å². The van der Waals surface area contributed by atoms with Crippen LogP contribution in [0, 0.1) is 34.5 Å². The van der Waals surface area contributed by atoms with Crippen molar-refractivity contribution in [1.82, 2.24) is 4.48 Å². The first-order valence-electron chi connectivity index (χ1n) is 19.8. The number of fused-ring (bicyclic) bond motifs is 6. The van der Waals surface area contributed by atoms with E-state index in [9.17, 15) is 0 Å². The van der Waals surface area contributed by atoms with Gasteiger partial charge in [0.15, 0.2) is 11.9 Å². The van der Waals surface area contributed by atoms with Crippen molar-refractivity contribution in [2.24, 2.45) is 34.5 Å². The fourth-order valence-electron chi connectivity index (χ4n) is 13.8. The van der Waals surface area contributed by atoms with E-state index in [2.05, 4.69) is 126 Å². The molecule has 5 aliphatic carbocycles. The van der Waals surface area contributed by atoms with Crippen LogP contribution in [-0.2, 0) is 16.2 Å². The second-order valence-electron chi connectivity index (χ2n) is 20.3. The molecule has 6 atom stereocenters. The maximum Gasteiger partial charge on any atom is 0.179 e. The van der Waals surface area contributed by atoms with Crippen LogP contribution in [-0.4, -0.2) is 20.3 Å². The number of benzene rings is 2. The van der Waals surface area contributed by atoms with E-state index in [0.717, 1.165) is 46.4 Å². The molecule has 0 saturated heterocycles. The maximum absolute atomic E-state index is 2.93. The summed E-state index contributed by atoms with van der Waals surface area (Å²) in [6.45, 7) is 30.4. The fourth-order valence-corrected chi connectivity index (χ4v) is 13.8. The topological polar surface area (TPSA) is 3.24 Å². The third kappa shape index (κ3) is 3.54. The van der Waals surface area contributed by atoms with E-state index in [4.69, 9.17) is 0 Å². The van der Waals surface area contributed by atoms with Crippen molar-refractivity contribution in [2.45, 2.75) is 162 Å². The molecule has 9 rings (SSSR count). The van der Waals surface area contributed by atoms with Crippen LogP contribution in [0.25, 0.3) is 0 Å². The van der Waals surface area contributed by atoms with Crippen molar-refractivity contribution >= 4 is 17.1 Å². The number of nitrogens with zero attached hydrogens (tertiary/aromatic N) is 2. The van der Waals surface area contributed by atoms with Crippen LogP contribution in [0.2, 0.25) is 0 Å². The summed E-state index contributed by atoms with van der Waals surface area (Å²) in [5, 5.41) is 0. The Kier molecular flexibility index (Phi) is 6.55. The molecular formula is C45H67N2+. The van der Waals surface area contributed by atoms with E-state index in [1.54, 1.807) is 33.5 Å². The van der Waals surface area contributed by atoms with E-state index in [1.807, 2.05) is 0 Å². The lowest BCUT2D eigenvalue weighted by Gasteiger charge is -2.59. The van der Waals surface area contributed by atoms with Gasteiger partial charge >= 0.3 is 0 Å². The number of hydrogen-bond acceptors (Lipinski definition) is 1. The summed E-state index contributed by atoms with van der Waals surface area (Å²) in [7, 11) is 5.13. The van der Waals surface area contributed by atoms with E-state index < -0.39 is 0 Å². The standard InChI is InChI=1S/C45H67N2/c1-15-26(4)39-29-18-27-19-30(39)21-28(20-29)32-23-38-37(22-31(27)32)46-36-25-34-33(41(5,6)43(9,10)42(34,7)8)24-35(36)44(11,16-2)45(12,17-3)40(46)47(38,13)14/h22-30,39-40H,15-21H2,1-14H3/q+1. The molecule has 2 fully saturated rings. The average Bonchev–Trinajstić information content (AvgIpc) is 3.18. The lowest BCUT2D eigenvalue weighted by atomic mass is 9.54. The van der Waals surface area contributed by atoms with E-state index in [1.165, 1.54) is 49.9 Å². The highest BCUT2D eigenvalue weighted by atomic mass is 15.5. The lowest BCUT2D eigenvalue weighted by molar-refractivity contribution is 0.0335. The van der Waals surface area contributed by atoms with Crippen LogP contribution in [0.4, 0.5) is 17.1 Å². The van der Waals surface area contributed by atoms with E-state index >= 15 is 0 Å². The monoisotopic (exact) mass is 636 g/mol. The quantitative estimate of drug-likeness (QED) is 0.302. The second kappa shape index (κ2) is 9.50. The Morgan fingerprint density at radius 1 is 0.702 bits per heavy atom. The molecule has 2 heteroatoms. The molecule has 0 aromatic heterocycles. The van der Waals surface area contributed by atoms with Crippen molar-refractivity contribution in [3.63, 3.8) is 0 Å². The third-order valence-corrected chi connectivity index (χ3v) is 18.3. The Morgan fingerprint density at radius 3 is 1.74 bits per heavy atom. The van der Waals surface area contributed by atoms with Crippen LogP contribution in [0.3, 0.4) is 0 Å². The molecule has 2 aromatic rings. The molecule has 47 heavy (non-hydrogen) atoms. The molecule has 2 aliphatic heterocycles. The molecule has 2 heterocycles. The van der Waals surface area contributed by atoms with Crippen LogP contribution in [0.1, 0.15) is 168 Å². The van der Waals surface area contributed by atoms with Gasteiger partial charge in [0.1, 0.15) is 5.69 Å². The van der Waals surface area contributed by atoms with Crippen molar-refractivity contribution < 1.29 is 0 Å². The summed E-state index contributed by atoms with van der Waals surface area (Å²) >= 11 is 0. The molecule has 2 nitrogen and oxygen atoms in total. The van der Waals surface area contributed by atoms with Gasteiger partial charge in [-0.05, 0) is 130 Å². The Labute approximate surface area is 288 Å². The van der Waals surface area contributed by atoms with Crippen LogP contribution < -0.4 is 9.38 Å². The molecule has 7 aliphatic rings. The predicted molar refractivity (Wildman–Crippen MR) is 202 cm³/mol. The second-order valence-corrected chi connectivity index (χ2v) is 20.3. The summed E-state index contributed by atoms with van der Waals surface area (Å²) < 4.78 is 0.958. The average molecular weight is 636 g/mol. The zero-order valence-electron chi connectivity index (χ0n) is 32.7. The first-order chi connectivity index (χ1) is 21.8. The maximum atomic E-state index is 2.93. The Morgan fingerprint density at radius 2 is 1.23 bits per heavy atom. The zero-order valence-corrected chi connectivity index (χ0v) is 32.7. The highest BCUT2D eigenvalue weighted by Crippen LogP contribution is 2.70. The molecule has 2 saturated carbocycles. The summed E-state index contributed by atoms with van der Waals surface area (Å²) in [5.74, 6) is 5.18. The Balaban J connectivity index is 1.37. The third-order valence-electron chi connectivity index (χ3n) is 18.3. The Hall–Kier alpha value is -1.80. The summed E-state index contributed by atoms with van der Waals surface area (Å²) in [6.07, 6.45) is 9.79.